The summed E-state index contributed by atoms with van der Waals surface area (Å²) < 4.78 is 0. The second-order valence-electron chi connectivity index (χ2n) is 4.33. The SMILES string of the molecule is Cc1cc(C)c(C(C)NCCCO)c(C)n1. The fraction of sp³-hybridized carbons (Fsp3) is 0.615. The van der Waals surface area contributed by atoms with Crippen LogP contribution in [0.3, 0.4) is 0 Å². The van der Waals surface area contributed by atoms with Crippen molar-refractivity contribution < 1.29 is 5.11 Å². The van der Waals surface area contributed by atoms with E-state index < -0.39 is 0 Å². The average molecular weight is 222 g/mol. The number of aromatic nitrogens is 1. The number of aryl methyl sites for hydroxylation is 3. The molecule has 0 aromatic carbocycles. The molecular weight excluding hydrogens is 200 g/mol. The minimum Gasteiger partial charge on any atom is -0.396 e. The van der Waals surface area contributed by atoms with E-state index in [4.69, 9.17) is 5.11 Å². The van der Waals surface area contributed by atoms with Crippen LogP contribution in [0.5, 0.6) is 0 Å². The molecule has 0 bridgehead atoms. The third-order valence-corrected chi connectivity index (χ3v) is 2.80. The molecule has 0 fully saturated rings. The van der Waals surface area contributed by atoms with Gasteiger partial charge >= 0.3 is 0 Å². The molecule has 1 aromatic rings. The zero-order valence-corrected chi connectivity index (χ0v) is 10.7. The number of nitrogens with zero attached hydrogens (tertiary/aromatic N) is 1. The molecule has 3 nitrogen and oxygen atoms in total. The first-order valence-corrected chi connectivity index (χ1v) is 5.85. The van der Waals surface area contributed by atoms with Crippen molar-refractivity contribution >= 4 is 0 Å². The fourth-order valence-corrected chi connectivity index (χ4v) is 2.19. The van der Waals surface area contributed by atoms with Gasteiger partial charge in [-0.2, -0.15) is 0 Å². The summed E-state index contributed by atoms with van der Waals surface area (Å²) in [6, 6.07) is 2.41. The Kier molecular flexibility index (Phi) is 4.90. The molecule has 3 heteroatoms. The average Bonchev–Trinajstić information content (AvgIpc) is 2.16. The molecule has 0 saturated carbocycles. The van der Waals surface area contributed by atoms with Crippen LogP contribution in [-0.2, 0) is 0 Å². The van der Waals surface area contributed by atoms with E-state index in [1.807, 2.05) is 6.92 Å². The van der Waals surface area contributed by atoms with Crippen LogP contribution < -0.4 is 5.32 Å². The van der Waals surface area contributed by atoms with E-state index in [0.29, 0.717) is 6.04 Å². The summed E-state index contributed by atoms with van der Waals surface area (Å²) in [5, 5.41) is 12.1. The van der Waals surface area contributed by atoms with Crippen molar-refractivity contribution in [3.63, 3.8) is 0 Å². The van der Waals surface area contributed by atoms with E-state index in [0.717, 1.165) is 24.4 Å². The third-order valence-electron chi connectivity index (χ3n) is 2.80. The van der Waals surface area contributed by atoms with Gasteiger partial charge in [-0.05, 0) is 57.9 Å². The van der Waals surface area contributed by atoms with Crippen LogP contribution >= 0.6 is 0 Å². The lowest BCUT2D eigenvalue weighted by Gasteiger charge is -2.18. The highest BCUT2D eigenvalue weighted by Crippen LogP contribution is 2.20. The molecule has 1 atom stereocenters. The normalized spacial score (nSPS) is 12.8. The van der Waals surface area contributed by atoms with Gasteiger partial charge in [-0.25, -0.2) is 0 Å². The Morgan fingerprint density at radius 2 is 2.06 bits per heavy atom. The van der Waals surface area contributed by atoms with Crippen LogP contribution in [0.4, 0.5) is 0 Å². The van der Waals surface area contributed by atoms with Crippen molar-refractivity contribution in [2.75, 3.05) is 13.2 Å². The Morgan fingerprint density at radius 1 is 1.38 bits per heavy atom. The number of hydrogen-bond acceptors (Lipinski definition) is 3. The van der Waals surface area contributed by atoms with E-state index >= 15 is 0 Å². The number of nitrogens with one attached hydrogen (secondary N) is 1. The number of pyridine rings is 1. The minimum atomic E-state index is 0.240. The molecule has 2 N–H and O–H groups in total. The largest absolute Gasteiger partial charge is 0.396 e. The molecule has 0 saturated heterocycles. The number of aliphatic hydroxyl groups is 1. The Bertz CT molecular complexity index is 327. The molecule has 0 aliphatic rings. The molecule has 0 aliphatic heterocycles. The zero-order chi connectivity index (χ0) is 12.1. The van der Waals surface area contributed by atoms with E-state index in [1.165, 1.54) is 11.1 Å². The number of aliphatic hydroxyl groups excluding tert-OH is 1. The lowest BCUT2D eigenvalue weighted by atomic mass is 10.0. The molecule has 90 valence electrons. The summed E-state index contributed by atoms with van der Waals surface area (Å²) in [7, 11) is 0. The van der Waals surface area contributed by atoms with Gasteiger partial charge in [-0.3, -0.25) is 4.98 Å². The highest BCUT2D eigenvalue weighted by atomic mass is 16.3. The summed E-state index contributed by atoms with van der Waals surface area (Å²) in [6.07, 6.45) is 0.793. The molecular formula is C13H22N2O. The molecule has 0 radical (unpaired) electrons. The van der Waals surface area contributed by atoms with Gasteiger partial charge in [-0.15, -0.1) is 0 Å². The van der Waals surface area contributed by atoms with Gasteiger partial charge in [0.1, 0.15) is 0 Å². The fourth-order valence-electron chi connectivity index (χ4n) is 2.19. The van der Waals surface area contributed by atoms with Crippen LogP contribution in [0.15, 0.2) is 6.07 Å². The molecule has 1 aromatic heterocycles. The molecule has 0 spiro atoms. The van der Waals surface area contributed by atoms with Crippen LogP contribution in [0.25, 0.3) is 0 Å². The summed E-state index contributed by atoms with van der Waals surface area (Å²) in [4.78, 5) is 4.49. The Labute approximate surface area is 97.9 Å². The van der Waals surface area contributed by atoms with E-state index in [9.17, 15) is 0 Å². The van der Waals surface area contributed by atoms with Crippen molar-refractivity contribution in [2.45, 2.75) is 40.2 Å². The maximum atomic E-state index is 8.74. The number of rotatable bonds is 5. The first-order valence-electron chi connectivity index (χ1n) is 5.85. The highest BCUT2D eigenvalue weighted by Gasteiger charge is 2.11. The van der Waals surface area contributed by atoms with Gasteiger partial charge in [0.2, 0.25) is 0 Å². The summed E-state index contributed by atoms with van der Waals surface area (Å²) in [6.45, 7) is 9.42. The summed E-state index contributed by atoms with van der Waals surface area (Å²) in [5.41, 5.74) is 4.74. The monoisotopic (exact) mass is 222 g/mol. The van der Waals surface area contributed by atoms with Gasteiger partial charge in [0.15, 0.2) is 0 Å². The second kappa shape index (κ2) is 5.97. The van der Waals surface area contributed by atoms with Gasteiger partial charge in [0, 0.05) is 24.0 Å². The van der Waals surface area contributed by atoms with E-state index in [-0.39, 0.29) is 6.61 Å². The predicted octanol–water partition coefficient (Wildman–Crippen LogP) is 2.04. The molecule has 1 heterocycles. The summed E-state index contributed by atoms with van der Waals surface area (Å²) in [5.74, 6) is 0. The molecule has 16 heavy (non-hydrogen) atoms. The quantitative estimate of drug-likeness (QED) is 0.749. The van der Waals surface area contributed by atoms with Crippen molar-refractivity contribution in [3.05, 3.63) is 28.6 Å². The van der Waals surface area contributed by atoms with Crippen molar-refractivity contribution in [1.82, 2.24) is 10.3 Å². The first-order chi connectivity index (χ1) is 7.56. The topological polar surface area (TPSA) is 45.1 Å². The molecule has 1 rings (SSSR count). The predicted molar refractivity (Wildman–Crippen MR) is 66.6 cm³/mol. The van der Waals surface area contributed by atoms with Crippen molar-refractivity contribution in [2.24, 2.45) is 0 Å². The minimum absolute atomic E-state index is 0.240. The van der Waals surface area contributed by atoms with Crippen LogP contribution in [0, 0.1) is 20.8 Å². The standard InChI is InChI=1S/C13H22N2O/c1-9-8-10(2)15-12(4)13(9)11(3)14-6-5-7-16/h8,11,14,16H,5-7H2,1-4H3. The molecule has 0 amide bonds. The Balaban J connectivity index is 2.78. The lowest BCUT2D eigenvalue weighted by molar-refractivity contribution is 0.284. The van der Waals surface area contributed by atoms with Gasteiger partial charge < -0.3 is 10.4 Å². The van der Waals surface area contributed by atoms with Crippen LogP contribution in [-0.4, -0.2) is 23.2 Å². The Morgan fingerprint density at radius 3 is 2.62 bits per heavy atom. The van der Waals surface area contributed by atoms with Crippen molar-refractivity contribution in [3.8, 4) is 0 Å². The zero-order valence-electron chi connectivity index (χ0n) is 10.7. The second-order valence-corrected chi connectivity index (χ2v) is 4.33. The maximum Gasteiger partial charge on any atom is 0.0443 e. The first kappa shape index (κ1) is 13.1. The van der Waals surface area contributed by atoms with Crippen LogP contribution in [0.1, 0.15) is 41.9 Å². The van der Waals surface area contributed by atoms with E-state index in [2.05, 4.69) is 37.1 Å². The van der Waals surface area contributed by atoms with Gasteiger partial charge in [0.25, 0.3) is 0 Å². The lowest BCUT2D eigenvalue weighted by Crippen LogP contribution is -2.22. The molecule has 0 aliphatic carbocycles. The van der Waals surface area contributed by atoms with Gasteiger partial charge in [0.05, 0.1) is 0 Å². The van der Waals surface area contributed by atoms with Gasteiger partial charge in [-0.1, -0.05) is 0 Å². The smallest absolute Gasteiger partial charge is 0.0443 e. The summed E-state index contributed by atoms with van der Waals surface area (Å²) >= 11 is 0. The molecule has 1 unspecified atom stereocenters. The van der Waals surface area contributed by atoms with E-state index in [1.54, 1.807) is 0 Å². The maximum absolute atomic E-state index is 8.74. The Hall–Kier alpha value is -0.930. The number of hydrogen-bond donors (Lipinski definition) is 2. The van der Waals surface area contributed by atoms with Crippen molar-refractivity contribution in [1.29, 1.82) is 0 Å². The third kappa shape index (κ3) is 3.29. The highest BCUT2D eigenvalue weighted by molar-refractivity contribution is 5.33. The van der Waals surface area contributed by atoms with Crippen LogP contribution in [0.2, 0.25) is 0 Å².